The number of sulfonamides is 1. The number of hydrogen-bond acceptors (Lipinski definition) is 6. The van der Waals surface area contributed by atoms with E-state index in [1.165, 1.54) is 16.7 Å². The molecule has 248 valence electrons. The second-order valence-corrected chi connectivity index (χ2v) is 14.2. The molecule has 4 rings (SSSR count). The molecule has 2 atom stereocenters. The average Bonchev–Trinajstić information content (AvgIpc) is 3.09. The highest BCUT2D eigenvalue weighted by Crippen LogP contribution is 2.27. The number of benzene rings is 4. The third-order valence-corrected chi connectivity index (χ3v) is 10.5. The summed E-state index contributed by atoms with van der Waals surface area (Å²) in [4.78, 5) is 31.1. The van der Waals surface area contributed by atoms with Crippen molar-refractivity contribution in [1.82, 2.24) is 10.2 Å². The average molecular weight is 674 g/mol. The summed E-state index contributed by atoms with van der Waals surface area (Å²) in [6.07, 6.45) is 2.87. The molecule has 0 aliphatic carbocycles. The lowest BCUT2D eigenvalue weighted by molar-refractivity contribution is -0.140. The van der Waals surface area contributed by atoms with Crippen molar-refractivity contribution in [2.75, 3.05) is 24.2 Å². The monoisotopic (exact) mass is 673 g/mol. The number of anilines is 1. The molecule has 47 heavy (non-hydrogen) atoms. The standard InChI is InChI=1S/C37H43N3O5S2/c1-6-28(3)38-37(42)35(24-29-11-8-7-9-12-29)39(25-30-13-10-14-32(23-30)45-4)36(41)26-40(31-17-15-27(2)16-18-31)47(43,44)34-21-19-33(46-5)20-22-34/h7-23,28,35H,6,24-26H2,1-5H3,(H,38,42). The molecule has 0 radical (unpaired) electrons. The summed E-state index contributed by atoms with van der Waals surface area (Å²) < 4.78 is 35.1. The van der Waals surface area contributed by atoms with Gasteiger partial charge in [0.15, 0.2) is 0 Å². The zero-order chi connectivity index (χ0) is 34.0. The number of carbonyl (C=O) groups excluding carboxylic acids is 2. The van der Waals surface area contributed by atoms with Gasteiger partial charge in [-0.05, 0) is 86.2 Å². The van der Waals surface area contributed by atoms with E-state index in [2.05, 4.69) is 5.32 Å². The molecule has 10 heteroatoms. The zero-order valence-corrected chi connectivity index (χ0v) is 29.2. The first-order chi connectivity index (χ1) is 22.5. The summed E-state index contributed by atoms with van der Waals surface area (Å²) in [5, 5.41) is 3.06. The van der Waals surface area contributed by atoms with Crippen LogP contribution in [0.25, 0.3) is 0 Å². The van der Waals surface area contributed by atoms with Gasteiger partial charge < -0.3 is 15.0 Å². The van der Waals surface area contributed by atoms with Gasteiger partial charge >= 0.3 is 0 Å². The van der Waals surface area contributed by atoms with Gasteiger partial charge in [0.05, 0.1) is 17.7 Å². The van der Waals surface area contributed by atoms with E-state index in [0.29, 0.717) is 17.9 Å². The second kappa shape index (κ2) is 16.5. The number of nitrogens with one attached hydrogen (secondary N) is 1. The molecule has 0 spiro atoms. The van der Waals surface area contributed by atoms with Crippen molar-refractivity contribution >= 4 is 39.3 Å². The minimum absolute atomic E-state index is 0.0612. The molecule has 1 N–H and O–H groups in total. The number of ether oxygens (including phenoxy) is 1. The van der Waals surface area contributed by atoms with Gasteiger partial charge in [0.1, 0.15) is 18.3 Å². The molecule has 0 bridgehead atoms. The van der Waals surface area contributed by atoms with E-state index in [9.17, 15) is 18.0 Å². The predicted octanol–water partition coefficient (Wildman–Crippen LogP) is 6.48. The smallest absolute Gasteiger partial charge is 0.264 e. The number of rotatable bonds is 15. The van der Waals surface area contributed by atoms with Gasteiger partial charge in [0.2, 0.25) is 11.8 Å². The van der Waals surface area contributed by atoms with Gasteiger partial charge in [-0.3, -0.25) is 13.9 Å². The Labute approximate surface area is 283 Å². The maximum atomic E-state index is 14.6. The van der Waals surface area contributed by atoms with Crippen LogP contribution in [0.4, 0.5) is 5.69 Å². The summed E-state index contributed by atoms with van der Waals surface area (Å²) in [5.41, 5.74) is 2.91. The van der Waals surface area contributed by atoms with Crippen molar-refractivity contribution < 1.29 is 22.7 Å². The highest BCUT2D eigenvalue weighted by molar-refractivity contribution is 7.98. The first kappa shape index (κ1) is 35.6. The minimum atomic E-state index is -4.18. The number of hydrogen-bond donors (Lipinski definition) is 1. The van der Waals surface area contributed by atoms with Gasteiger partial charge in [-0.15, -0.1) is 11.8 Å². The zero-order valence-electron chi connectivity index (χ0n) is 27.6. The van der Waals surface area contributed by atoms with Crippen LogP contribution in [0.15, 0.2) is 113 Å². The Morgan fingerprint density at radius 2 is 1.55 bits per heavy atom. The molecule has 0 saturated carbocycles. The Bertz CT molecular complexity index is 1730. The first-order valence-corrected chi connectivity index (χ1v) is 18.2. The summed E-state index contributed by atoms with van der Waals surface area (Å²) in [7, 11) is -2.61. The first-order valence-electron chi connectivity index (χ1n) is 15.6. The number of aryl methyl sites for hydroxylation is 1. The van der Waals surface area contributed by atoms with Crippen molar-refractivity contribution in [3.05, 3.63) is 120 Å². The lowest BCUT2D eigenvalue weighted by atomic mass is 10.0. The molecule has 8 nitrogen and oxygen atoms in total. The highest BCUT2D eigenvalue weighted by Gasteiger charge is 2.35. The van der Waals surface area contributed by atoms with Crippen LogP contribution in [0.5, 0.6) is 5.75 Å². The second-order valence-electron chi connectivity index (χ2n) is 11.4. The Morgan fingerprint density at radius 1 is 0.894 bits per heavy atom. The molecule has 4 aromatic carbocycles. The van der Waals surface area contributed by atoms with Crippen LogP contribution in [0.2, 0.25) is 0 Å². The summed E-state index contributed by atoms with van der Waals surface area (Å²) in [6, 6.07) is 29.4. The van der Waals surface area contributed by atoms with Gasteiger partial charge in [-0.1, -0.05) is 67.1 Å². The van der Waals surface area contributed by atoms with Gasteiger partial charge in [-0.25, -0.2) is 8.42 Å². The Kier molecular flexibility index (Phi) is 12.5. The van der Waals surface area contributed by atoms with E-state index in [1.807, 2.05) is 87.7 Å². The molecule has 0 heterocycles. The van der Waals surface area contributed by atoms with Crippen molar-refractivity contribution in [3.63, 3.8) is 0 Å². The van der Waals surface area contributed by atoms with Crippen molar-refractivity contribution in [2.24, 2.45) is 0 Å². The SMILES string of the molecule is CCC(C)NC(=O)C(Cc1ccccc1)N(Cc1cccc(OC)c1)C(=O)CN(c1ccc(C)cc1)S(=O)(=O)c1ccc(SC)cc1. The van der Waals surface area contributed by atoms with Crippen LogP contribution < -0.4 is 14.4 Å². The highest BCUT2D eigenvalue weighted by atomic mass is 32.2. The molecule has 0 aliphatic rings. The fraction of sp³-hybridized carbons (Fsp3) is 0.297. The largest absolute Gasteiger partial charge is 0.497 e. The molecule has 2 amide bonds. The fourth-order valence-corrected chi connectivity index (χ4v) is 6.90. The molecule has 0 fully saturated rings. The Balaban J connectivity index is 1.81. The van der Waals surface area contributed by atoms with Crippen LogP contribution in [0, 0.1) is 6.92 Å². The van der Waals surface area contributed by atoms with Crippen molar-refractivity contribution in [3.8, 4) is 5.75 Å². The van der Waals surface area contributed by atoms with Crippen LogP contribution in [0.1, 0.15) is 37.0 Å². The lowest BCUT2D eigenvalue weighted by Gasteiger charge is -2.34. The summed E-state index contributed by atoms with van der Waals surface area (Å²) >= 11 is 1.51. The van der Waals surface area contributed by atoms with E-state index in [0.717, 1.165) is 25.9 Å². The lowest BCUT2D eigenvalue weighted by Crippen LogP contribution is -2.54. The maximum absolute atomic E-state index is 14.6. The van der Waals surface area contributed by atoms with Crippen LogP contribution in [-0.4, -0.2) is 57.1 Å². The quantitative estimate of drug-likeness (QED) is 0.145. The molecular formula is C37H43N3O5S2. The van der Waals surface area contributed by atoms with Gasteiger partial charge in [-0.2, -0.15) is 0 Å². The van der Waals surface area contributed by atoms with E-state index in [1.54, 1.807) is 49.6 Å². The molecule has 0 aliphatic heterocycles. The van der Waals surface area contributed by atoms with E-state index >= 15 is 0 Å². The number of carbonyl (C=O) groups is 2. The predicted molar refractivity (Wildman–Crippen MR) is 189 cm³/mol. The topological polar surface area (TPSA) is 96.0 Å². The maximum Gasteiger partial charge on any atom is 0.264 e. The van der Waals surface area contributed by atoms with Crippen molar-refractivity contribution in [2.45, 2.75) is 62.0 Å². The normalized spacial score (nSPS) is 12.5. The third-order valence-electron chi connectivity index (χ3n) is 8.01. The van der Waals surface area contributed by atoms with E-state index in [-0.39, 0.29) is 29.8 Å². The van der Waals surface area contributed by atoms with Crippen molar-refractivity contribution in [1.29, 1.82) is 0 Å². The third kappa shape index (κ3) is 9.39. The van der Waals surface area contributed by atoms with Gasteiger partial charge in [0, 0.05) is 23.9 Å². The number of nitrogens with zero attached hydrogens (tertiary/aromatic N) is 2. The summed E-state index contributed by atoms with van der Waals surface area (Å²) in [5.74, 6) is -0.217. The van der Waals surface area contributed by atoms with E-state index in [4.69, 9.17) is 4.74 Å². The molecule has 0 saturated heterocycles. The number of amides is 2. The number of thioether (sulfide) groups is 1. The van der Waals surface area contributed by atoms with Crippen LogP contribution in [0.3, 0.4) is 0 Å². The summed E-state index contributed by atoms with van der Waals surface area (Å²) in [6.45, 7) is 5.36. The number of methoxy groups -OCH3 is 1. The van der Waals surface area contributed by atoms with Gasteiger partial charge in [0.25, 0.3) is 10.0 Å². The Hall–Kier alpha value is -4.28. The van der Waals surface area contributed by atoms with Crippen LogP contribution >= 0.6 is 11.8 Å². The molecule has 0 aromatic heterocycles. The molecule has 2 unspecified atom stereocenters. The molecule has 4 aromatic rings. The fourth-order valence-electron chi connectivity index (χ4n) is 5.08. The van der Waals surface area contributed by atoms with Crippen LogP contribution in [-0.2, 0) is 32.6 Å². The minimum Gasteiger partial charge on any atom is -0.497 e. The van der Waals surface area contributed by atoms with E-state index < -0.39 is 28.5 Å². The molecular weight excluding hydrogens is 631 g/mol. The Morgan fingerprint density at radius 3 is 2.17 bits per heavy atom.